The Kier molecular flexibility index (Phi) is 7.80. The molecule has 0 aliphatic rings. The van der Waals surface area contributed by atoms with Gasteiger partial charge in [-0.05, 0) is 37.1 Å². The van der Waals surface area contributed by atoms with E-state index in [0.717, 1.165) is 37.1 Å². The van der Waals surface area contributed by atoms with Crippen molar-refractivity contribution in [1.29, 1.82) is 0 Å². The smallest absolute Gasteiger partial charge is 0.321 e. The summed E-state index contributed by atoms with van der Waals surface area (Å²) in [5.74, 6) is -1.91. The molecule has 0 heterocycles. The first-order chi connectivity index (χ1) is 11.3. The lowest BCUT2D eigenvalue weighted by molar-refractivity contribution is -0.147. The molecule has 0 atom stereocenters. The summed E-state index contributed by atoms with van der Waals surface area (Å²) in [6.07, 6.45) is 1.52. The molecule has 0 aliphatic heterocycles. The van der Waals surface area contributed by atoms with Gasteiger partial charge in [-0.15, -0.1) is 0 Å². The standard InChI is InChI=1S/C15H21FN2O5S/c1-3-12(4-2)18-14(19)10-23-15(20)9-17-24(21,22)13-7-5-11(16)6-8-13/h5-8,12,17H,3-4,9-10H2,1-2H3,(H,18,19). The van der Waals surface area contributed by atoms with Gasteiger partial charge in [-0.3, -0.25) is 9.59 Å². The van der Waals surface area contributed by atoms with E-state index in [1.807, 2.05) is 18.6 Å². The summed E-state index contributed by atoms with van der Waals surface area (Å²) in [6.45, 7) is 2.74. The number of nitrogens with one attached hydrogen (secondary N) is 2. The highest BCUT2D eigenvalue weighted by Crippen LogP contribution is 2.09. The molecule has 0 saturated heterocycles. The molecule has 0 radical (unpaired) electrons. The van der Waals surface area contributed by atoms with Crippen molar-refractivity contribution in [3.63, 3.8) is 0 Å². The minimum atomic E-state index is -3.96. The fourth-order valence-corrected chi connectivity index (χ4v) is 2.78. The average molecular weight is 360 g/mol. The molecule has 0 saturated carbocycles. The molecular formula is C15H21FN2O5S. The minimum absolute atomic E-state index is 0.00757. The number of carbonyl (C=O) groups excluding carboxylic acids is 2. The molecule has 1 amide bonds. The van der Waals surface area contributed by atoms with E-state index in [-0.39, 0.29) is 10.9 Å². The topological polar surface area (TPSA) is 102 Å². The summed E-state index contributed by atoms with van der Waals surface area (Å²) >= 11 is 0. The highest BCUT2D eigenvalue weighted by atomic mass is 32.2. The number of ether oxygens (including phenoxy) is 1. The van der Waals surface area contributed by atoms with Crippen LogP contribution in [0.3, 0.4) is 0 Å². The predicted molar refractivity (Wildman–Crippen MR) is 85.1 cm³/mol. The van der Waals surface area contributed by atoms with Crippen LogP contribution >= 0.6 is 0 Å². The van der Waals surface area contributed by atoms with Gasteiger partial charge in [-0.2, -0.15) is 4.72 Å². The van der Waals surface area contributed by atoms with Crippen LogP contribution in [0.4, 0.5) is 4.39 Å². The number of amides is 1. The van der Waals surface area contributed by atoms with Crippen molar-refractivity contribution in [3.05, 3.63) is 30.1 Å². The lowest BCUT2D eigenvalue weighted by Crippen LogP contribution is -2.38. The van der Waals surface area contributed by atoms with E-state index in [1.54, 1.807) is 0 Å². The van der Waals surface area contributed by atoms with Gasteiger partial charge < -0.3 is 10.1 Å². The van der Waals surface area contributed by atoms with Gasteiger partial charge >= 0.3 is 5.97 Å². The van der Waals surface area contributed by atoms with Gasteiger partial charge in [0.15, 0.2) is 6.61 Å². The lowest BCUT2D eigenvalue weighted by Gasteiger charge is -2.14. The van der Waals surface area contributed by atoms with Crippen LogP contribution in [-0.4, -0.2) is 39.5 Å². The second kappa shape index (κ2) is 9.33. The Morgan fingerprint density at radius 3 is 2.29 bits per heavy atom. The maximum absolute atomic E-state index is 12.8. The maximum atomic E-state index is 12.8. The van der Waals surface area contributed by atoms with Crippen molar-refractivity contribution in [2.24, 2.45) is 0 Å². The Labute approximate surface area is 140 Å². The highest BCUT2D eigenvalue weighted by molar-refractivity contribution is 7.89. The summed E-state index contributed by atoms with van der Waals surface area (Å²) in [7, 11) is -3.96. The summed E-state index contributed by atoms with van der Waals surface area (Å²) < 4.78 is 43.3. The van der Waals surface area contributed by atoms with Crippen LogP contribution in [0.1, 0.15) is 26.7 Å². The predicted octanol–water partition coefficient (Wildman–Crippen LogP) is 0.952. The molecular weight excluding hydrogens is 339 g/mol. The maximum Gasteiger partial charge on any atom is 0.321 e. The minimum Gasteiger partial charge on any atom is -0.455 e. The lowest BCUT2D eigenvalue weighted by atomic mass is 10.2. The number of hydrogen-bond acceptors (Lipinski definition) is 5. The van der Waals surface area contributed by atoms with Gasteiger partial charge in [-0.25, -0.2) is 12.8 Å². The van der Waals surface area contributed by atoms with Gasteiger partial charge in [0.25, 0.3) is 5.91 Å². The van der Waals surface area contributed by atoms with Crippen molar-refractivity contribution in [2.75, 3.05) is 13.2 Å². The number of halogens is 1. The number of hydrogen-bond donors (Lipinski definition) is 2. The highest BCUT2D eigenvalue weighted by Gasteiger charge is 2.17. The SMILES string of the molecule is CCC(CC)NC(=O)COC(=O)CNS(=O)(=O)c1ccc(F)cc1. The number of carbonyl (C=O) groups is 2. The fourth-order valence-electron chi connectivity index (χ4n) is 1.81. The Balaban J connectivity index is 2.43. The number of benzene rings is 1. The van der Waals surface area contributed by atoms with E-state index in [2.05, 4.69) is 5.32 Å². The molecule has 0 bridgehead atoms. The van der Waals surface area contributed by atoms with Crippen LogP contribution in [0.15, 0.2) is 29.2 Å². The molecule has 1 aromatic carbocycles. The first kappa shape index (κ1) is 20.0. The molecule has 1 rings (SSSR count). The quantitative estimate of drug-likeness (QED) is 0.639. The average Bonchev–Trinajstić information content (AvgIpc) is 2.56. The third kappa shape index (κ3) is 6.63. The van der Waals surface area contributed by atoms with Crippen molar-refractivity contribution in [2.45, 2.75) is 37.6 Å². The number of sulfonamides is 1. The Hall–Kier alpha value is -2.00. The van der Waals surface area contributed by atoms with Gasteiger partial charge in [0.05, 0.1) is 4.90 Å². The fraction of sp³-hybridized carbons (Fsp3) is 0.467. The molecule has 7 nitrogen and oxygen atoms in total. The molecule has 0 spiro atoms. The van der Waals surface area contributed by atoms with Gasteiger partial charge in [-0.1, -0.05) is 13.8 Å². The van der Waals surface area contributed by atoms with Crippen LogP contribution in [0, 0.1) is 5.82 Å². The molecule has 1 aromatic rings. The summed E-state index contributed by atoms with van der Waals surface area (Å²) in [5.41, 5.74) is 0. The number of esters is 1. The molecule has 0 fully saturated rings. The second-order valence-electron chi connectivity index (χ2n) is 5.02. The van der Waals surface area contributed by atoms with Crippen LogP contribution in [-0.2, 0) is 24.3 Å². The van der Waals surface area contributed by atoms with Crippen LogP contribution in [0.25, 0.3) is 0 Å². The van der Waals surface area contributed by atoms with E-state index in [0.29, 0.717) is 0 Å². The third-order valence-corrected chi connectivity index (χ3v) is 4.66. The van der Waals surface area contributed by atoms with Crippen molar-refractivity contribution in [1.82, 2.24) is 10.0 Å². The largest absolute Gasteiger partial charge is 0.455 e. The van der Waals surface area contributed by atoms with Crippen molar-refractivity contribution >= 4 is 21.9 Å². The van der Waals surface area contributed by atoms with Crippen molar-refractivity contribution in [3.8, 4) is 0 Å². The molecule has 134 valence electrons. The van der Waals surface area contributed by atoms with Crippen molar-refractivity contribution < 1.29 is 27.1 Å². The molecule has 0 aromatic heterocycles. The first-order valence-electron chi connectivity index (χ1n) is 7.48. The van der Waals surface area contributed by atoms with Crippen LogP contribution < -0.4 is 10.0 Å². The first-order valence-corrected chi connectivity index (χ1v) is 8.97. The summed E-state index contributed by atoms with van der Waals surface area (Å²) in [6, 6.07) is 4.15. The van der Waals surface area contributed by atoms with Gasteiger partial charge in [0.2, 0.25) is 10.0 Å². The molecule has 0 aliphatic carbocycles. The molecule has 0 unspecified atom stereocenters. The van der Waals surface area contributed by atoms with Crippen LogP contribution in [0.5, 0.6) is 0 Å². The zero-order valence-corrected chi connectivity index (χ0v) is 14.4. The third-order valence-electron chi connectivity index (χ3n) is 3.25. The van der Waals surface area contributed by atoms with E-state index >= 15 is 0 Å². The normalized spacial score (nSPS) is 11.3. The Morgan fingerprint density at radius 2 is 1.75 bits per heavy atom. The van der Waals surface area contributed by atoms with Crippen LogP contribution in [0.2, 0.25) is 0 Å². The second-order valence-corrected chi connectivity index (χ2v) is 6.79. The Bertz CT molecular complexity index is 657. The van der Waals surface area contributed by atoms with E-state index in [4.69, 9.17) is 4.74 Å². The summed E-state index contributed by atoms with van der Waals surface area (Å²) in [4.78, 5) is 22.9. The molecule has 2 N–H and O–H groups in total. The molecule has 9 heteroatoms. The van der Waals surface area contributed by atoms with Gasteiger partial charge in [0.1, 0.15) is 12.4 Å². The number of rotatable bonds is 9. The van der Waals surface area contributed by atoms with E-state index < -0.39 is 40.9 Å². The van der Waals surface area contributed by atoms with Gasteiger partial charge in [0, 0.05) is 6.04 Å². The van der Waals surface area contributed by atoms with E-state index in [9.17, 15) is 22.4 Å². The zero-order chi connectivity index (χ0) is 18.2. The van der Waals surface area contributed by atoms with E-state index in [1.165, 1.54) is 0 Å². The Morgan fingerprint density at radius 1 is 1.17 bits per heavy atom. The monoisotopic (exact) mass is 360 g/mol. The zero-order valence-electron chi connectivity index (χ0n) is 13.5. The molecule has 24 heavy (non-hydrogen) atoms. The summed E-state index contributed by atoms with van der Waals surface area (Å²) in [5, 5.41) is 2.68.